The Morgan fingerprint density at radius 2 is 1.06 bits per heavy atom. The van der Waals surface area contributed by atoms with E-state index >= 15 is 0 Å². The third-order valence-electron chi connectivity index (χ3n) is 9.68. The normalized spacial score (nSPS) is 11.9. The molecule has 0 saturated heterocycles. The van der Waals surface area contributed by atoms with Crippen molar-refractivity contribution in [1.82, 2.24) is 24.5 Å². The van der Waals surface area contributed by atoms with Crippen molar-refractivity contribution in [2.24, 2.45) is 0 Å². The zero-order chi connectivity index (χ0) is 33.5. The topological polar surface area (TPSA) is 82.8 Å². The van der Waals surface area contributed by atoms with Crippen LogP contribution in [0.25, 0.3) is 106 Å². The first-order valence-electron chi connectivity index (χ1n) is 16.8. The van der Waals surface area contributed by atoms with Crippen LogP contribution in [0, 0.1) is 0 Å². The molecule has 238 valence electrons. The minimum absolute atomic E-state index is 0.482. The van der Waals surface area contributed by atoms with Gasteiger partial charge < -0.3 is 8.83 Å². The number of hydrogen-bond donors (Lipinski definition) is 0. The summed E-state index contributed by atoms with van der Waals surface area (Å²) in [6.45, 7) is 0. The van der Waals surface area contributed by atoms with Crippen LogP contribution in [0.4, 0.5) is 0 Å². The molecule has 0 aliphatic heterocycles. The number of rotatable bonds is 4. The summed E-state index contributed by atoms with van der Waals surface area (Å²) in [5.74, 6) is 2.14. The van der Waals surface area contributed by atoms with E-state index in [9.17, 15) is 0 Å². The minimum Gasteiger partial charge on any atom is -0.456 e. The summed E-state index contributed by atoms with van der Waals surface area (Å²) in [6.07, 6.45) is 0. The van der Waals surface area contributed by atoms with Crippen LogP contribution >= 0.6 is 0 Å². The van der Waals surface area contributed by atoms with Crippen LogP contribution in [-0.2, 0) is 0 Å². The lowest BCUT2D eigenvalue weighted by molar-refractivity contribution is 0.623. The summed E-state index contributed by atoms with van der Waals surface area (Å²) >= 11 is 0. The third-order valence-corrected chi connectivity index (χ3v) is 9.68. The molecule has 0 fully saturated rings. The summed E-state index contributed by atoms with van der Waals surface area (Å²) in [5, 5.41) is 6.32. The van der Waals surface area contributed by atoms with Gasteiger partial charge in [-0.1, -0.05) is 115 Å². The Morgan fingerprint density at radius 1 is 0.431 bits per heavy atom. The zero-order valence-corrected chi connectivity index (χ0v) is 27.0. The molecule has 11 rings (SSSR count). The Morgan fingerprint density at radius 3 is 1.86 bits per heavy atom. The van der Waals surface area contributed by atoms with Gasteiger partial charge in [0.25, 0.3) is 0 Å². The monoisotopic (exact) mass is 655 g/mol. The number of nitrogens with zero attached hydrogens (tertiary/aromatic N) is 5. The quantitative estimate of drug-likeness (QED) is 0.188. The Hall–Kier alpha value is -7.12. The zero-order valence-electron chi connectivity index (χ0n) is 27.0. The first-order chi connectivity index (χ1) is 25.3. The number of furan rings is 1. The van der Waals surface area contributed by atoms with Crippen LogP contribution in [0.15, 0.2) is 160 Å². The molecular weight excluding hydrogens is 631 g/mol. The SMILES string of the molecule is c1ccc(-c2nc(-c3ccc4c(c3)oc3ccccc34)nc(-n3c4ccccc4c4c5ccccc5c5oc(-c6ccccc6)nc5c43)n2)cc1. The smallest absolute Gasteiger partial charge is 0.238 e. The van der Waals surface area contributed by atoms with E-state index in [1.807, 2.05) is 97.1 Å². The number of benzene rings is 7. The highest BCUT2D eigenvalue weighted by Crippen LogP contribution is 2.43. The number of para-hydroxylation sites is 2. The fourth-order valence-corrected chi connectivity index (χ4v) is 7.39. The van der Waals surface area contributed by atoms with Crippen LogP contribution in [-0.4, -0.2) is 24.5 Å². The lowest BCUT2D eigenvalue weighted by Crippen LogP contribution is -2.06. The Balaban J connectivity index is 1.25. The molecule has 0 amide bonds. The fraction of sp³-hybridized carbons (Fsp3) is 0. The second-order valence-corrected chi connectivity index (χ2v) is 12.6. The van der Waals surface area contributed by atoms with E-state index in [0.717, 1.165) is 76.7 Å². The highest BCUT2D eigenvalue weighted by molar-refractivity contribution is 6.30. The molecule has 11 aromatic rings. The summed E-state index contributed by atoms with van der Waals surface area (Å²) in [7, 11) is 0. The largest absolute Gasteiger partial charge is 0.456 e. The van der Waals surface area contributed by atoms with Crippen LogP contribution in [0.1, 0.15) is 0 Å². The van der Waals surface area contributed by atoms with Crippen molar-refractivity contribution < 1.29 is 8.83 Å². The molecule has 4 heterocycles. The number of aromatic nitrogens is 5. The summed E-state index contributed by atoms with van der Waals surface area (Å²) < 4.78 is 15.0. The van der Waals surface area contributed by atoms with E-state index in [1.165, 1.54) is 0 Å². The molecule has 0 N–H and O–H groups in total. The molecular formula is C44H25N5O2. The maximum absolute atomic E-state index is 6.63. The number of hydrogen-bond acceptors (Lipinski definition) is 6. The van der Waals surface area contributed by atoms with Gasteiger partial charge in [0.15, 0.2) is 17.2 Å². The minimum atomic E-state index is 0.482. The molecule has 0 aliphatic carbocycles. The standard InChI is InChI=1S/C44H25N5O2/c1-3-13-26(14-4-1)41-46-42(28-23-24-30-29-17-10-12-22-35(29)50-36(30)25-28)48-44(47-41)49-34-21-11-9-20-33(34)37-31-18-7-8-19-32(31)40-38(39(37)49)45-43(51-40)27-15-5-2-6-16-27/h1-25H. The second-order valence-electron chi connectivity index (χ2n) is 12.6. The van der Waals surface area contributed by atoms with Crippen LogP contribution in [0.3, 0.4) is 0 Å². The lowest BCUT2D eigenvalue weighted by Gasteiger charge is -2.11. The average Bonchev–Trinajstić information content (AvgIpc) is 3.91. The first-order valence-corrected chi connectivity index (χ1v) is 16.8. The van der Waals surface area contributed by atoms with Crippen molar-refractivity contribution in [3.63, 3.8) is 0 Å². The molecule has 0 spiro atoms. The maximum atomic E-state index is 6.63. The summed E-state index contributed by atoms with van der Waals surface area (Å²) in [4.78, 5) is 20.6. The van der Waals surface area contributed by atoms with E-state index < -0.39 is 0 Å². The molecule has 7 aromatic carbocycles. The second kappa shape index (κ2) is 10.7. The van der Waals surface area contributed by atoms with Gasteiger partial charge in [0.2, 0.25) is 11.8 Å². The molecule has 0 aliphatic rings. The van der Waals surface area contributed by atoms with Gasteiger partial charge in [0.05, 0.1) is 11.0 Å². The van der Waals surface area contributed by atoms with E-state index in [2.05, 4.69) is 59.2 Å². The molecule has 0 radical (unpaired) electrons. The van der Waals surface area contributed by atoms with Crippen molar-refractivity contribution in [1.29, 1.82) is 0 Å². The summed E-state index contributed by atoms with van der Waals surface area (Å²) in [5.41, 5.74) is 7.52. The van der Waals surface area contributed by atoms with Crippen molar-refractivity contribution in [3.05, 3.63) is 152 Å². The molecule has 0 atom stereocenters. The van der Waals surface area contributed by atoms with Crippen LogP contribution < -0.4 is 0 Å². The molecule has 51 heavy (non-hydrogen) atoms. The number of fused-ring (bicyclic) bond motifs is 11. The van der Waals surface area contributed by atoms with E-state index in [4.69, 9.17) is 28.8 Å². The molecule has 0 unspecified atom stereocenters. The first kappa shape index (κ1) is 27.8. The highest BCUT2D eigenvalue weighted by atomic mass is 16.3. The Kier molecular flexibility index (Phi) is 5.83. The van der Waals surface area contributed by atoms with Gasteiger partial charge in [-0.25, -0.2) is 9.97 Å². The predicted octanol–water partition coefficient (Wildman–Crippen LogP) is 11.2. The Labute approximate surface area is 290 Å². The van der Waals surface area contributed by atoms with Crippen molar-refractivity contribution in [2.75, 3.05) is 0 Å². The molecule has 4 aromatic heterocycles. The maximum Gasteiger partial charge on any atom is 0.238 e. The Bertz CT molecular complexity index is 3140. The van der Waals surface area contributed by atoms with Crippen molar-refractivity contribution >= 4 is 65.6 Å². The molecule has 7 heteroatoms. The van der Waals surface area contributed by atoms with Gasteiger partial charge in [0, 0.05) is 43.6 Å². The number of oxazole rings is 1. The van der Waals surface area contributed by atoms with Crippen LogP contribution in [0.2, 0.25) is 0 Å². The van der Waals surface area contributed by atoms with E-state index in [0.29, 0.717) is 29.1 Å². The highest BCUT2D eigenvalue weighted by Gasteiger charge is 2.25. The average molecular weight is 656 g/mol. The van der Waals surface area contributed by atoms with Gasteiger partial charge in [-0.3, -0.25) is 4.57 Å². The van der Waals surface area contributed by atoms with Gasteiger partial charge in [-0.2, -0.15) is 9.97 Å². The molecule has 0 bridgehead atoms. The predicted molar refractivity (Wildman–Crippen MR) is 203 cm³/mol. The van der Waals surface area contributed by atoms with Crippen LogP contribution in [0.5, 0.6) is 0 Å². The van der Waals surface area contributed by atoms with Gasteiger partial charge >= 0.3 is 0 Å². The van der Waals surface area contributed by atoms with Crippen molar-refractivity contribution in [3.8, 4) is 40.2 Å². The van der Waals surface area contributed by atoms with Gasteiger partial charge in [0.1, 0.15) is 16.7 Å². The lowest BCUT2D eigenvalue weighted by atomic mass is 10.0. The van der Waals surface area contributed by atoms with E-state index in [1.54, 1.807) is 0 Å². The third kappa shape index (κ3) is 4.18. The summed E-state index contributed by atoms with van der Waals surface area (Å²) in [6, 6.07) is 51.0. The molecule has 7 nitrogen and oxygen atoms in total. The van der Waals surface area contributed by atoms with E-state index in [-0.39, 0.29) is 0 Å². The van der Waals surface area contributed by atoms with Gasteiger partial charge in [-0.05, 0) is 41.8 Å². The van der Waals surface area contributed by atoms with Crippen molar-refractivity contribution in [2.45, 2.75) is 0 Å². The fourth-order valence-electron chi connectivity index (χ4n) is 7.39. The molecule has 0 saturated carbocycles. The van der Waals surface area contributed by atoms with Gasteiger partial charge in [-0.15, -0.1) is 0 Å².